The number of carbonyl (C=O) groups excluding carboxylic acids is 1. The van der Waals surface area contributed by atoms with Crippen molar-refractivity contribution in [3.63, 3.8) is 0 Å². The van der Waals surface area contributed by atoms with Crippen LogP contribution in [0.1, 0.15) is 22.7 Å². The molecule has 0 aliphatic carbocycles. The van der Waals surface area contributed by atoms with Crippen molar-refractivity contribution in [1.82, 2.24) is 9.88 Å². The molecule has 1 aliphatic rings. The maximum Gasteiger partial charge on any atom is 0.246 e. The summed E-state index contributed by atoms with van der Waals surface area (Å²) in [6, 6.07) is 10.4. The highest BCUT2D eigenvalue weighted by Crippen LogP contribution is 2.15. The molecule has 1 atom stereocenters. The molecule has 1 aromatic heterocycles. The molecule has 5 heteroatoms. The number of thiazole rings is 1. The lowest BCUT2D eigenvalue weighted by Gasteiger charge is -2.27. The molecule has 1 saturated heterocycles. The maximum absolute atomic E-state index is 12.7. The zero-order valence-electron chi connectivity index (χ0n) is 13.9. The minimum absolute atomic E-state index is 0.0343. The molecule has 1 unspecified atom stereocenters. The molecule has 24 heavy (non-hydrogen) atoms. The van der Waals surface area contributed by atoms with Gasteiger partial charge in [-0.25, -0.2) is 4.98 Å². The summed E-state index contributed by atoms with van der Waals surface area (Å²) in [5.74, 6) is 0.0343. The van der Waals surface area contributed by atoms with E-state index in [1.54, 1.807) is 23.5 Å². The fourth-order valence-electron chi connectivity index (χ4n) is 2.84. The Morgan fingerprint density at radius 3 is 2.92 bits per heavy atom. The monoisotopic (exact) mass is 342 g/mol. The van der Waals surface area contributed by atoms with E-state index in [9.17, 15) is 4.79 Å². The van der Waals surface area contributed by atoms with Gasteiger partial charge in [-0.3, -0.25) is 4.79 Å². The van der Waals surface area contributed by atoms with E-state index < -0.39 is 0 Å². The summed E-state index contributed by atoms with van der Waals surface area (Å²) in [6.07, 6.45) is 5.20. The minimum Gasteiger partial charge on any atom is -0.379 e. The number of nitrogens with zero attached hydrogens (tertiary/aromatic N) is 2. The van der Waals surface area contributed by atoms with Gasteiger partial charge in [0.1, 0.15) is 0 Å². The van der Waals surface area contributed by atoms with Crippen molar-refractivity contribution in [1.29, 1.82) is 0 Å². The highest BCUT2D eigenvalue weighted by molar-refractivity contribution is 7.09. The molecule has 0 spiro atoms. The minimum atomic E-state index is 0.0343. The predicted molar refractivity (Wildman–Crippen MR) is 97.0 cm³/mol. The molecule has 1 aromatic carbocycles. The van der Waals surface area contributed by atoms with Gasteiger partial charge >= 0.3 is 0 Å². The average Bonchev–Trinajstić information content (AvgIpc) is 3.26. The van der Waals surface area contributed by atoms with Gasteiger partial charge in [-0.1, -0.05) is 30.3 Å². The highest BCUT2D eigenvalue weighted by atomic mass is 32.1. The summed E-state index contributed by atoms with van der Waals surface area (Å²) in [5.41, 5.74) is 2.09. The molecule has 2 heterocycles. The van der Waals surface area contributed by atoms with E-state index in [1.165, 1.54) is 5.56 Å². The molecule has 4 nitrogen and oxygen atoms in total. The van der Waals surface area contributed by atoms with Crippen molar-refractivity contribution in [3.05, 3.63) is 58.1 Å². The van der Waals surface area contributed by atoms with E-state index in [0.717, 1.165) is 30.2 Å². The number of hydrogen-bond acceptors (Lipinski definition) is 4. The Morgan fingerprint density at radius 2 is 2.25 bits per heavy atom. The van der Waals surface area contributed by atoms with Crippen LogP contribution in [0.4, 0.5) is 0 Å². The van der Waals surface area contributed by atoms with Gasteiger partial charge in [-0.05, 0) is 31.4 Å². The smallest absolute Gasteiger partial charge is 0.246 e. The average molecular weight is 342 g/mol. The fraction of sp³-hybridized carbons (Fsp3) is 0.368. The fourth-order valence-corrected chi connectivity index (χ4v) is 3.42. The normalized spacial score (nSPS) is 17.5. The van der Waals surface area contributed by atoms with Gasteiger partial charge in [0, 0.05) is 24.6 Å². The summed E-state index contributed by atoms with van der Waals surface area (Å²) in [5, 5.41) is 2.97. The van der Waals surface area contributed by atoms with E-state index in [0.29, 0.717) is 13.2 Å². The van der Waals surface area contributed by atoms with Gasteiger partial charge in [0.15, 0.2) is 0 Å². The standard InChI is InChI=1S/C19H22N2O2S/c1-15-20-17(14-24-15)7-8-19(22)21(18-10-12-23-13-18)11-9-16-5-3-2-4-6-16/h2-8,14,18H,9-13H2,1H3/b8-7+. The number of carbonyl (C=O) groups is 1. The summed E-state index contributed by atoms with van der Waals surface area (Å²) < 4.78 is 5.48. The molecule has 1 amide bonds. The zero-order valence-corrected chi connectivity index (χ0v) is 14.7. The predicted octanol–water partition coefficient (Wildman–Crippen LogP) is 3.32. The lowest BCUT2D eigenvalue weighted by atomic mass is 10.1. The first-order chi connectivity index (χ1) is 11.7. The second-order valence-corrected chi connectivity index (χ2v) is 6.97. The summed E-state index contributed by atoms with van der Waals surface area (Å²) in [6.45, 7) is 4.03. The van der Waals surface area contributed by atoms with Crippen LogP contribution in [0.2, 0.25) is 0 Å². The third kappa shape index (κ3) is 4.52. The van der Waals surface area contributed by atoms with Crippen LogP contribution in [0.15, 0.2) is 41.8 Å². The first kappa shape index (κ1) is 16.9. The van der Waals surface area contributed by atoms with Crippen LogP contribution in [0.5, 0.6) is 0 Å². The van der Waals surface area contributed by atoms with Crippen molar-refractivity contribution in [2.45, 2.75) is 25.8 Å². The van der Waals surface area contributed by atoms with E-state index in [4.69, 9.17) is 4.74 Å². The molecule has 1 fully saturated rings. The van der Waals surface area contributed by atoms with Crippen LogP contribution in [-0.4, -0.2) is 41.6 Å². The number of aromatic nitrogens is 1. The molecule has 0 N–H and O–H groups in total. The van der Waals surface area contributed by atoms with Crippen molar-refractivity contribution in [2.24, 2.45) is 0 Å². The third-order valence-corrected chi connectivity index (χ3v) is 4.94. The van der Waals surface area contributed by atoms with Crippen LogP contribution < -0.4 is 0 Å². The van der Waals surface area contributed by atoms with Gasteiger partial charge in [0.2, 0.25) is 5.91 Å². The number of ether oxygens (including phenoxy) is 1. The van der Waals surface area contributed by atoms with Crippen LogP contribution in [0.25, 0.3) is 6.08 Å². The second kappa shape index (κ2) is 8.22. The van der Waals surface area contributed by atoms with E-state index >= 15 is 0 Å². The molecular formula is C19H22N2O2S. The van der Waals surface area contributed by atoms with E-state index in [1.807, 2.05) is 35.4 Å². The van der Waals surface area contributed by atoms with Crippen LogP contribution in [0.3, 0.4) is 0 Å². The Hall–Kier alpha value is -1.98. The SMILES string of the molecule is Cc1nc(/C=C/C(=O)N(CCc2ccccc2)C2CCOC2)cs1. The first-order valence-corrected chi connectivity index (χ1v) is 9.13. The van der Waals surface area contributed by atoms with Crippen molar-refractivity contribution in [2.75, 3.05) is 19.8 Å². The molecule has 0 saturated carbocycles. The van der Waals surface area contributed by atoms with Gasteiger partial charge in [-0.2, -0.15) is 0 Å². The highest BCUT2D eigenvalue weighted by Gasteiger charge is 2.25. The number of hydrogen-bond donors (Lipinski definition) is 0. The Labute approximate surface area is 146 Å². The molecule has 3 rings (SSSR count). The Morgan fingerprint density at radius 1 is 1.42 bits per heavy atom. The lowest BCUT2D eigenvalue weighted by molar-refractivity contribution is -0.128. The molecule has 2 aromatic rings. The molecule has 1 aliphatic heterocycles. The summed E-state index contributed by atoms with van der Waals surface area (Å²) in [4.78, 5) is 19.0. The van der Waals surface area contributed by atoms with E-state index in [2.05, 4.69) is 17.1 Å². The Bertz CT molecular complexity index is 690. The van der Waals surface area contributed by atoms with Gasteiger partial charge in [0.25, 0.3) is 0 Å². The number of aryl methyl sites for hydroxylation is 1. The van der Waals surface area contributed by atoms with E-state index in [-0.39, 0.29) is 11.9 Å². The second-order valence-electron chi connectivity index (χ2n) is 5.91. The molecule has 0 radical (unpaired) electrons. The van der Waals surface area contributed by atoms with Gasteiger partial charge in [-0.15, -0.1) is 11.3 Å². The van der Waals surface area contributed by atoms with Crippen molar-refractivity contribution >= 4 is 23.3 Å². The van der Waals surface area contributed by atoms with Crippen LogP contribution in [-0.2, 0) is 16.0 Å². The Balaban J connectivity index is 1.66. The number of rotatable bonds is 6. The molecule has 126 valence electrons. The number of amides is 1. The molecular weight excluding hydrogens is 320 g/mol. The van der Waals surface area contributed by atoms with Gasteiger partial charge in [0.05, 0.1) is 23.4 Å². The maximum atomic E-state index is 12.7. The molecule has 0 bridgehead atoms. The zero-order chi connectivity index (χ0) is 16.8. The van der Waals surface area contributed by atoms with Crippen LogP contribution >= 0.6 is 11.3 Å². The largest absolute Gasteiger partial charge is 0.379 e. The summed E-state index contributed by atoms with van der Waals surface area (Å²) in [7, 11) is 0. The van der Waals surface area contributed by atoms with Gasteiger partial charge < -0.3 is 9.64 Å². The first-order valence-electron chi connectivity index (χ1n) is 8.25. The lowest BCUT2D eigenvalue weighted by Crippen LogP contribution is -2.41. The summed E-state index contributed by atoms with van der Waals surface area (Å²) >= 11 is 1.59. The van der Waals surface area contributed by atoms with Crippen molar-refractivity contribution in [3.8, 4) is 0 Å². The van der Waals surface area contributed by atoms with Crippen molar-refractivity contribution < 1.29 is 9.53 Å². The van der Waals surface area contributed by atoms with Crippen LogP contribution in [0, 0.1) is 6.92 Å². The quantitative estimate of drug-likeness (QED) is 0.756. The Kier molecular flexibility index (Phi) is 5.77. The topological polar surface area (TPSA) is 42.4 Å². The number of benzene rings is 1. The third-order valence-electron chi connectivity index (χ3n) is 4.15.